The Morgan fingerprint density at radius 1 is 1.19 bits per heavy atom. The van der Waals surface area contributed by atoms with Crippen LogP contribution in [0.2, 0.25) is 0 Å². The molecule has 5 nitrogen and oxygen atoms in total. The van der Waals surface area contributed by atoms with Crippen molar-refractivity contribution in [2.45, 2.75) is 37.3 Å². The van der Waals surface area contributed by atoms with Crippen molar-refractivity contribution in [2.75, 3.05) is 6.61 Å². The van der Waals surface area contributed by atoms with Crippen molar-refractivity contribution in [3.8, 4) is 0 Å². The zero-order chi connectivity index (χ0) is 14.7. The van der Waals surface area contributed by atoms with Crippen LogP contribution in [0.1, 0.15) is 31.7 Å². The maximum absolute atomic E-state index is 5.83. The van der Waals surface area contributed by atoms with Gasteiger partial charge in [-0.2, -0.15) is 9.78 Å². The summed E-state index contributed by atoms with van der Waals surface area (Å²) in [5.41, 5.74) is 1.86. The molecule has 0 radical (unpaired) electrons. The second-order valence-corrected chi connectivity index (χ2v) is 5.75. The summed E-state index contributed by atoms with van der Waals surface area (Å²) in [6.07, 6.45) is 1.90. The van der Waals surface area contributed by atoms with Gasteiger partial charge in [0.15, 0.2) is 11.3 Å². The molecule has 1 aliphatic rings. The zero-order valence-corrected chi connectivity index (χ0v) is 13.0. The first-order valence-corrected chi connectivity index (χ1v) is 8.08. The first kappa shape index (κ1) is 14.3. The van der Waals surface area contributed by atoms with Crippen LogP contribution in [0.3, 0.4) is 0 Å². The van der Waals surface area contributed by atoms with Crippen molar-refractivity contribution in [3.63, 3.8) is 0 Å². The van der Waals surface area contributed by atoms with Gasteiger partial charge >= 0.3 is 0 Å². The molecular formula is C15H18N4OS. The van der Waals surface area contributed by atoms with E-state index in [0.29, 0.717) is 6.61 Å². The number of benzene rings is 1. The molecule has 0 bridgehead atoms. The van der Waals surface area contributed by atoms with Gasteiger partial charge in [0.05, 0.1) is 0 Å². The minimum absolute atomic E-state index is 0.136. The van der Waals surface area contributed by atoms with E-state index in [9.17, 15) is 0 Å². The molecule has 2 aromatic rings. The van der Waals surface area contributed by atoms with E-state index in [1.54, 1.807) is 11.8 Å². The molecular weight excluding hydrogens is 284 g/mol. The van der Waals surface area contributed by atoms with Crippen LogP contribution < -0.4 is 0 Å². The maximum Gasteiger partial charge on any atom is 0.214 e. The van der Waals surface area contributed by atoms with Crippen LogP contribution in [0, 0.1) is 0 Å². The van der Waals surface area contributed by atoms with Crippen LogP contribution in [0.4, 0.5) is 0 Å². The number of aryl methyl sites for hydroxylation is 1. The van der Waals surface area contributed by atoms with Gasteiger partial charge < -0.3 is 4.74 Å². The monoisotopic (exact) mass is 302 g/mol. The fraction of sp³-hybridized carbons (Fsp3) is 0.400. The molecule has 0 amide bonds. The molecule has 21 heavy (non-hydrogen) atoms. The molecule has 1 aromatic carbocycles. The molecule has 0 aliphatic carbocycles. The lowest BCUT2D eigenvalue weighted by Crippen LogP contribution is -2.27. The van der Waals surface area contributed by atoms with Gasteiger partial charge in [-0.1, -0.05) is 37.3 Å². The lowest BCUT2D eigenvalue weighted by atomic mass is 10.1. The third-order valence-corrected chi connectivity index (χ3v) is 4.22. The average Bonchev–Trinajstić information content (AvgIpc) is 2.90. The summed E-state index contributed by atoms with van der Waals surface area (Å²) in [6.45, 7) is 4.76. The van der Waals surface area contributed by atoms with E-state index in [4.69, 9.17) is 9.84 Å². The van der Waals surface area contributed by atoms with Crippen LogP contribution in [0.5, 0.6) is 0 Å². The number of thioether (sulfide) groups is 1. The number of hydrogen-bond acceptors (Lipinski definition) is 5. The summed E-state index contributed by atoms with van der Waals surface area (Å²) in [4.78, 5) is 0. The first-order valence-electron chi connectivity index (χ1n) is 7.20. The number of aromatic nitrogens is 3. The Kier molecular flexibility index (Phi) is 4.36. The Hall–Kier alpha value is -1.66. The fourth-order valence-corrected chi connectivity index (χ4v) is 3.25. The van der Waals surface area contributed by atoms with Crippen LogP contribution in [-0.2, 0) is 11.2 Å². The van der Waals surface area contributed by atoms with Gasteiger partial charge in [0, 0.05) is 18.6 Å². The van der Waals surface area contributed by atoms with Crippen molar-refractivity contribution in [1.82, 2.24) is 14.9 Å². The Bertz CT molecular complexity index is 638. The molecule has 1 aliphatic heterocycles. The summed E-state index contributed by atoms with van der Waals surface area (Å²) in [7, 11) is 0. The van der Waals surface area contributed by atoms with Crippen molar-refractivity contribution >= 4 is 17.5 Å². The third-order valence-electron chi connectivity index (χ3n) is 3.18. The SMILES string of the molecule is CCCc1nnc2n1N=C(c1ccccc1)C(OCC)S2. The number of rotatable bonds is 5. The maximum atomic E-state index is 5.83. The van der Waals surface area contributed by atoms with Crippen molar-refractivity contribution < 1.29 is 4.74 Å². The molecule has 6 heteroatoms. The van der Waals surface area contributed by atoms with Gasteiger partial charge in [-0.3, -0.25) is 0 Å². The van der Waals surface area contributed by atoms with Gasteiger partial charge in [0.1, 0.15) is 5.71 Å². The molecule has 0 saturated heterocycles. The molecule has 1 aromatic heterocycles. The second kappa shape index (κ2) is 6.41. The largest absolute Gasteiger partial charge is 0.361 e. The molecule has 0 saturated carbocycles. The van der Waals surface area contributed by atoms with Gasteiger partial charge in [-0.05, 0) is 25.1 Å². The lowest BCUT2D eigenvalue weighted by molar-refractivity contribution is 0.163. The van der Waals surface area contributed by atoms with E-state index < -0.39 is 0 Å². The third kappa shape index (κ3) is 2.87. The number of fused-ring (bicyclic) bond motifs is 1. The summed E-state index contributed by atoms with van der Waals surface area (Å²) >= 11 is 1.57. The highest BCUT2D eigenvalue weighted by Gasteiger charge is 2.28. The lowest BCUT2D eigenvalue weighted by Gasteiger charge is -2.22. The van der Waals surface area contributed by atoms with E-state index in [1.165, 1.54) is 0 Å². The summed E-state index contributed by atoms with van der Waals surface area (Å²) in [5, 5.41) is 14.0. The Balaban J connectivity index is 2.03. The van der Waals surface area contributed by atoms with Crippen LogP contribution in [-0.4, -0.2) is 32.6 Å². The van der Waals surface area contributed by atoms with Crippen LogP contribution >= 0.6 is 11.8 Å². The van der Waals surface area contributed by atoms with Gasteiger partial charge in [0.2, 0.25) is 5.16 Å². The molecule has 3 rings (SSSR count). The highest BCUT2D eigenvalue weighted by molar-refractivity contribution is 8.00. The average molecular weight is 302 g/mol. The van der Waals surface area contributed by atoms with Crippen molar-refractivity contribution in [1.29, 1.82) is 0 Å². The van der Waals surface area contributed by atoms with E-state index in [0.717, 1.165) is 35.1 Å². The number of hydrogen-bond donors (Lipinski definition) is 0. The van der Waals surface area contributed by atoms with Gasteiger partial charge in [-0.25, -0.2) is 0 Å². The Morgan fingerprint density at radius 3 is 2.71 bits per heavy atom. The molecule has 0 N–H and O–H groups in total. The van der Waals surface area contributed by atoms with Crippen LogP contribution in [0.15, 0.2) is 40.6 Å². The highest BCUT2D eigenvalue weighted by Crippen LogP contribution is 2.31. The molecule has 0 spiro atoms. The standard InChI is InChI=1S/C15H18N4OS/c1-3-8-12-16-17-15-19(12)18-13(14(21-15)20-4-2)11-9-6-5-7-10-11/h5-7,9-10,14H,3-4,8H2,1-2H3. The quantitative estimate of drug-likeness (QED) is 0.852. The van der Waals surface area contributed by atoms with E-state index in [1.807, 2.05) is 29.8 Å². The smallest absolute Gasteiger partial charge is 0.214 e. The normalized spacial score (nSPS) is 17.4. The van der Waals surface area contributed by atoms with E-state index >= 15 is 0 Å². The van der Waals surface area contributed by atoms with Gasteiger partial charge in [-0.15, -0.1) is 10.2 Å². The minimum Gasteiger partial charge on any atom is -0.361 e. The summed E-state index contributed by atoms with van der Waals surface area (Å²) < 4.78 is 7.68. The van der Waals surface area contributed by atoms with Crippen LogP contribution in [0.25, 0.3) is 0 Å². The predicted octanol–water partition coefficient (Wildman–Crippen LogP) is 2.95. The van der Waals surface area contributed by atoms with Crippen molar-refractivity contribution in [3.05, 3.63) is 41.7 Å². The zero-order valence-electron chi connectivity index (χ0n) is 12.2. The molecule has 1 unspecified atom stereocenters. The minimum atomic E-state index is -0.136. The number of ether oxygens (including phenoxy) is 1. The molecule has 1 atom stereocenters. The summed E-state index contributed by atoms with van der Waals surface area (Å²) in [5.74, 6) is 0.906. The van der Waals surface area contributed by atoms with Gasteiger partial charge in [0.25, 0.3) is 0 Å². The predicted molar refractivity (Wildman–Crippen MR) is 83.7 cm³/mol. The Morgan fingerprint density at radius 2 is 2.00 bits per heavy atom. The topological polar surface area (TPSA) is 52.3 Å². The molecule has 0 fully saturated rings. The van der Waals surface area contributed by atoms with E-state index in [-0.39, 0.29) is 5.44 Å². The molecule has 110 valence electrons. The van der Waals surface area contributed by atoms with E-state index in [2.05, 4.69) is 29.3 Å². The Labute approximate surface area is 128 Å². The first-order chi connectivity index (χ1) is 10.3. The summed E-state index contributed by atoms with van der Waals surface area (Å²) in [6, 6.07) is 10.1. The molecule has 2 heterocycles. The highest BCUT2D eigenvalue weighted by atomic mass is 32.2. The fourth-order valence-electron chi connectivity index (χ4n) is 2.22. The van der Waals surface area contributed by atoms with Crippen molar-refractivity contribution in [2.24, 2.45) is 5.10 Å². The number of nitrogens with zero attached hydrogens (tertiary/aromatic N) is 4. The second-order valence-electron chi connectivity index (χ2n) is 4.72.